The molecule has 0 N–H and O–H groups in total. The van der Waals surface area contributed by atoms with E-state index in [0.717, 1.165) is 12.1 Å². The highest BCUT2D eigenvalue weighted by Crippen LogP contribution is 2.12. The molecule has 0 unspecified atom stereocenters. The summed E-state index contributed by atoms with van der Waals surface area (Å²) >= 11 is 0. The quantitative estimate of drug-likeness (QED) is 0.583. The number of aliphatic imine (C=N–C) groups is 1. The summed E-state index contributed by atoms with van der Waals surface area (Å²) in [5.74, 6) is 0. The van der Waals surface area contributed by atoms with Gasteiger partial charge in [0.25, 0.3) is 0 Å². The second-order valence-corrected chi connectivity index (χ2v) is 2.57. The maximum absolute atomic E-state index is 3.82. The topological polar surface area (TPSA) is 12.4 Å². The van der Waals surface area contributed by atoms with Crippen molar-refractivity contribution in [3.05, 3.63) is 29.8 Å². The fraction of sp³-hybridized carbons (Fsp3) is 0.300. The van der Waals surface area contributed by atoms with Crippen molar-refractivity contribution >= 4 is 12.4 Å². The minimum Gasteiger partial charge on any atom is -0.265 e. The first-order valence-electron chi connectivity index (χ1n) is 3.92. The van der Waals surface area contributed by atoms with Gasteiger partial charge in [-0.15, -0.1) is 0 Å². The molecule has 0 amide bonds. The van der Waals surface area contributed by atoms with Crippen LogP contribution in [-0.4, -0.2) is 6.72 Å². The van der Waals surface area contributed by atoms with Gasteiger partial charge in [0.15, 0.2) is 0 Å². The zero-order chi connectivity index (χ0) is 8.10. The van der Waals surface area contributed by atoms with Crippen LogP contribution in [0.1, 0.15) is 18.9 Å². The molecular weight excluding hydrogens is 134 g/mol. The Bertz CT molecular complexity index is 223. The molecule has 0 aromatic heterocycles. The zero-order valence-electron chi connectivity index (χ0n) is 6.88. The zero-order valence-corrected chi connectivity index (χ0v) is 6.88. The van der Waals surface area contributed by atoms with Crippen molar-refractivity contribution in [2.75, 3.05) is 0 Å². The first kappa shape index (κ1) is 7.99. The normalized spacial score (nSPS) is 9.55. The van der Waals surface area contributed by atoms with Gasteiger partial charge >= 0.3 is 0 Å². The Labute approximate surface area is 67.8 Å². The molecule has 0 aliphatic carbocycles. The van der Waals surface area contributed by atoms with Crippen molar-refractivity contribution in [3.8, 4) is 0 Å². The van der Waals surface area contributed by atoms with Crippen LogP contribution in [0.4, 0.5) is 5.69 Å². The number of aryl methyl sites for hydroxylation is 1. The number of benzene rings is 1. The van der Waals surface area contributed by atoms with E-state index in [9.17, 15) is 0 Å². The molecule has 1 rings (SSSR count). The van der Waals surface area contributed by atoms with E-state index in [0.29, 0.717) is 0 Å². The van der Waals surface area contributed by atoms with Gasteiger partial charge in [-0.05, 0) is 30.8 Å². The average molecular weight is 147 g/mol. The smallest absolute Gasteiger partial charge is 0.0622 e. The van der Waals surface area contributed by atoms with Crippen LogP contribution in [0.15, 0.2) is 29.3 Å². The molecule has 0 spiro atoms. The monoisotopic (exact) mass is 147 g/mol. The van der Waals surface area contributed by atoms with Crippen molar-refractivity contribution < 1.29 is 0 Å². The summed E-state index contributed by atoms with van der Waals surface area (Å²) in [4.78, 5) is 3.82. The SMILES string of the molecule is C=Nc1ccc(CCC)cc1. The largest absolute Gasteiger partial charge is 0.265 e. The molecule has 0 aliphatic rings. The van der Waals surface area contributed by atoms with Crippen LogP contribution in [-0.2, 0) is 6.42 Å². The third-order valence-corrected chi connectivity index (χ3v) is 1.66. The Kier molecular flexibility index (Phi) is 2.84. The maximum Gasteiger partial charge on any atom is 0.0622 e. The lowest BCUT2D eigenvalue weighted by Gasteiger charge is -1.97. The second-order valence-electron chi connectivity index (χ2n) is 2.57. The van der Waals surface area contributed by atoms with E-state index in [1.807, 2.05) is 12.1 Å². The Balaban J connectivity index is 2.74. The van der Waals surface area contributed by atoms with Gasteiger partial charge in [0.05, 0.1) is 5.69 Å². The van der Waals surface area contributed by atoms with Crippen LogP contribution in [0, 0.1) is 0 Å². The summed E-state index contributed by atoms with van der Waals surface area (Å²) < 4.78 is 0. The minimum absolute atomic E-state index is 0.949. The molecule has 1 heteroatoms. The molecule has 1 aromatic rings. The first-order valence-corrected chi connectivity index (χ1v) is 3.92. The van der Waals surface area contributed by atoms with E-state index in [4.69, 9.17) is 0 Å². The van der Waals surface area contributed by atoms with Crippen LogP contribution in [0.5, 0.6) is 0 Å². The van der Waals surface area contributed by atoms with Crippen LogP contribution < -0.4 is 0 Å². The molecule has 1 nitrogen and oxygen atoms in total. The summed E-state index contributed by atoms with van der Waals surface area (Å²) in [5.41, 5.74) is 2.32. The fourth-order valence-corrected chi connectivity index (χ4v) is 1.06. The Morgan fingerprint density at radius 3 is 2.36 bits per heavy atom. The van der Waals surface area contributed by atoms with Crippen LogP contribution in [0.3, 0.4) is 0 Å². The van der Waals surface area contributed by atoms with E-state index in [2.05, 4.69) is 30.8 Å². The molecule has 58 valence electrons. The van der Waals surface area contributed by atoms with Crippen molar-refractivity contribution in [1.82, 2.24) is 0 Å². The summed E-state index contributed by atoms with van der Waals surface area (Å²) in [7, 11) is 0. The van der Waals surface area contributed by atoms with Crippen molar-refractivity contribution in [2.24, 2.45) is 4.99 Å². The molecule has 11 heavy (non-hydrogen) atoms. The van der Waals surface area contributed by atoms with Crippen molar-refractivity contribution in [1.29, 1.82) is 0 Å². The highest BCUT2D eigenvalue weighted by atomic mass is 14.7. The summed E-state index contributed by atoms with van der Waals surface area (Å²) in [6, 6.07) is 8.21. The van der Waals surface area contributed by atoms with E-state index in [1.165, 1.54) is 12.0 Å². The fourth-order valence-electron chi connectivity index (χ4n) is 1.06. The van der Waals surface area contributed by atoms with Crippen LogP contribution in [0.25, 0.3) is 0 Å². The highest BCUT2D eigenvalue weighted by Gasteiger charge is 1.89. The average Bonchev–Trinajstić information content (AvgIpc) is 2.07. The van der Waals surface area contributed by atoms with Crippen molar-refractivity contribution in [2.45, 2.75) is 19.8 Å². The Hall–Kier alpha value is -1.11. The molecule has 0 heterocycles. The standard InChI is InChI=1S/C10H13N/c1-3-4-9-5-7-10(11-2)8-6-9/h5-8H,2-4H2,1H3. The summed E-state index contributed by atoms with van der Waals surface area (Å²) in [6.07, 6.45) is 2.35. The molecule has 0 fully saturated rings. The number of hydrogen-bond acceptors (Lipinski definition) is 1. The third kappa shape index (κ3) is 2.19. The van der Waals surface area contributed by atoms with E-state index in [1.54, 1.807) is 0 Å². The van der Waals surface area contributed by atoms with Gasteiger partial charge in [-0.3, -0.25) is 4.99 Å². The molecule has 1 aromatic carbocycles. The van der Waals surface area contributed by atoms with E-state index >= 15 is 0 Å². The number of nitrogens with zero attached hydrogens (tertiary/aromatic N) is 1. The van der Waals surface area contributed by atoms with Gasteiger partial charge in [0, 0.05) is 0 Å². The molecule has 0 saturated heterocycles. The van der Waals surface area contributed by atoms with Gasteiger partial charge in [-0.1, -0.05) is 25.5 Å². The number of hydrogen-bond donors (Lipinski definition) is 0. The summed E-state index contributed by atoms with van der Waals surface area (Å²) in [5, 5.41) is 0. The van der Waals surface area contributed by atoms with E-state index < -0.39 is 0 Å². The lowest BCUT2D eigenvalue weighted by atomic mass is 10.1. The lowest BCUT2D eigenvalue weighted by molar-refractivity contribution is 0.922. The third-order valence-electron chi connectivity index (χ3n) is 1.66. The second kappa shape index (κ2) is 3.91. The Morgan fingerprint density at radius 2 is 1.91 bits per heavy atom. The van der Waals surface area contributed by atoms with Gasteiger partial charge < -0.3 is 0 Å². The predicted molar refractivity (Wildman–Crippen MR) is 49.6 cm³/mol. The molecular formula is C10H13N. The van der Waals surface area contributed by atoms with Crippen molar-refractivity contribution in [3.63, 3.8) is 0 Å². The predicted octanol–water partition coefficient (Wildman–Crippen LogP) is 2.97. The number of rotatable bonds is 3. The lowest BCUT2D eigenvalue weighted by Crippen LogP contribution is -1.79. The molecule has 0 bridgehead atoms. The molecule has 0 radical (unpaired) electrons. The minimum atomic E-state index is 0.949. The van der Waals surface area contributed by atoms with Gasteiger partial charge in [-0.25, -0.2) is 0 Å². The van der Waals surface area contributed by atoms with Gasteiger partial charge in [0.2, 0.25) is 0 Å². The van der Waals surface area contributed by atoms with Crippen LogP contribution in [0.2, 0.25) is 0 Å². The van der Waals surface area contributed by atoms with Gasteiger partial charge in [0.1, 0.15) is 0 Å². The first-order chi connectivity index (χ1) is 5.36. The van der Waals surface area contributed by atoms with Gasteiger partial charge in [-0.2, -0.15) is 0 Å². The Morgan fingerprint density at radius 1 is 1.27 bits per heavy atom. The maximum atomic E-state index is 3.82. The van der Waals surface area contributed by atoms with E-state index in [-0.39, 0.29) is 0 Å². The van der Waals surface area contributed by atoms with Crippen LogP contribution >= 0.6 is 0 Å². The molecule has 0 atom stereocenters. The molecule has 0 saturated carbocycles. The summed E-state index contributed by atoms with van der Waals surface area (Å²) in [6.45, 7) is 5.64. The highest BCUT2D eigenvalue weighted by molar-refractivity contribution is 5.45. The molecule has 0 aliphatic heterocycles.